The zero-order chi connectivity index (χ0) is 13.7. The van der Waals surface area contributed by atoms with Crippen molar-refractivity contribution in [3.8, 4) is 6.07 Å². The van der Waals surface area contributed by atoms with Gasteiger partial charge < -0.3 is 0 Å². The molecule has 19 heavy (non-hydrogen) atoms. The van der Waals surface area contributed by atoms with Crippen LogP contribution in [0.25, 0.3) is 0 Å². The lowest BCUT2D eigenvalue weighted by Crippen LogP contribution is -2.12. The largest absolute Gasteiger partial charge is 0.258 e. The molecule has 0 radical (unpaired) electrons. The fraction of sp³-hybridized carbons (Fsp3) is 0.214. The molecule has 0 N–H and O–H groups in total. The Morgan fingerprint density at radius 3 is 2.74 bits per heavy atom. The van der Waals surface area contributed by atoms with E-state index in [0.29, 0.717) is 5.56 Å². The van der Waals surface area contributed by atoms with Crippen LogP contribution in [-0.4, -0.2) is 17.4 Å². The van der Waals surface area contributed by atoms with Crippen LogP contribution in [-0.2, 0) is 0 Å². The van der Waals surface area contributed by atoms with Crippen LogP contribution in [0.2, 0.25) is 0 Å². The van der Waals surface area contributed by atoms with Gasteiger partial charge in [-0.15, -0.1) is 11.3 Å². The first-order valence-corrected chi connectivity index (χ1v) is 6.84. The molecule has 1 aromatic carbocycles. The Kier molecular flexibility index (Phi) is 4.26. The van der Waals surface area contributed by atoms with Crippen molar-refractivity contribution < 1.29 is 0 Å². The van der Waals surface area contributed by atoms with Gasteiger partial charge in [0.25, 0.3) is 0 Å². The average Bonchev–Trinajstić information content (AvgIpc) is 2.78. The number of aromatic nitrogens is 1. The summed E-state index contributed by atoms with van der Waals surface area (Å²) >= 11 is 1.58. The molecule has 0 aliphatic carbocycles. The molecule has 0 atom stereocenters. The summed E-state index contributed by atoms with van der Waals surface area (Å²) < 4.78 is 1.83. The van der Waals surface area contributed by atoms with E-state index in [1.54, 1.807) is 29.7 Å². The average molecular weight is 270 g/mol. The van der Waals surface area contributed by atoms with E-state index < -0.39 is 0 Å². The Morgan fingerprint density at radius 1 is 1.37 bits per heavy atom. The van der Waals surface area contributed by atoms with Crippen LogP contribution in [0.5, 0.6) is 0 Å². The molecule has 0 unspecified atom stereocenters. The molecule has 5 heteroatoms. The molecule has 2 rings (SSSR count). The predicted octanol–water partition coefficient (Wildman–Crippen LogP) is 2.53. The lowest BCUT2D eigenvalue weighted by Gasteiger charge is -1.97. The summed E-state index contributed by atoms with van der Waals surface area (Å²) in [6.07, 6.45) is 1.77. The summed E-state index contributed by atoms with van der Waals surface area (Å²) in [6, 6.07) is 9.41. The van der Waals surface area contributed by atoms with Crippen LogP contribution >= 0.6 is 11.3 Å². The Labute approximate surface area is 116 Å². The van der Waals surface area contributed by atoms with Crippen LogP contribution in [0.3, 0.4) is 0 Å². The third-order valence-corrected chi connectivity index (χ3v) is 3.48. The van der Waals surface area contributed by atoms with Crippen molar-refractivity contribution in [3.05, 3.63) is 51.3 Å². The first-order chi connectivity index (χ1) is 9.24. The highest BCUT2D eigenvalue weighted by Gasteiger charge is 1.98. The monoisotopic (exact) mass is 270 g/mol. The normalized spacial score (nSPS) is 11.9. The molecular formula is C14H14N4S. The highest BCUT2D eigenvalue weighted by Crippen LogP contribution is 2.03. The lowest BCUT2D eigenvalue weighted by atomic mass is 10.2. The van der Waals surface area contributed by atoms with Gasteiger partial charge in [0, 0.05) is 11.9 Å². The van der Waals surface area contributed by atoms with Crippen molar-refractivity contribution in [3.63, 3.8) is 0 Å². The third-order valence-electron chi connectivity index (χ3n) is 2.51. The molecule has 0 fully saturated rings. The molecule has 0 aliphatic heterocycles. The van der Waals surface area contributed by atoms with Gasteiger partial charge in [-0.3, -0.25) is 4.99 Å². The Hall–Kier alpha value is -2.19. The minimum Gasteiger partial charge on any atom is -0.258 e. The molecule has 2 aromatic rings. The minimum atomic E-state index is 0.651. The van der Waals surface area contributed by atoms with E-state index in [1.807, 2.05) is 36.0 Å². The summed E-state index contributed by atoms with van der Waals surface area (Å²) in [7, 11) is 0. The quantitative estimate of drug-likeness (QED) is 0.791. The van der Waals surface area contributed by atoms with Crippen LogP contribution in [0.4, 0.5) is 0 Å². The molecule has 0 amide bonds. The van der Waals surface area contributed by atoms with Gasteiger partial charge in [0.2, 0.25) is 4.80 Å². The van der Waals surface area contributed by atoms with Crippen LogP contribution < -0.4 is 4.80 Å². The number of benzene rings is 1. The summed E-state index contributed by atoms with van der Waals surface area (Å²) in [6.45, 7) is 4.75. The third kappa shape index (κ3) is 3.18. The first kappa shape index (κ1) is 13.2. The highest BCUT2D eigenvalue weighted by atomic mass is 32.1. The second-order valence-corrected chi connectivity index (χ2v) is 4.76. The van der Waals surface area contributed by atoms with Gasteiger partial charge in [0.1, 0.15) is 0 Å². The fourth-order valence-corrected chi connectivity index (χ4v) is 2.41. The number of rotatable bonds is 3. The fourth-order valence-electron chi connectivity index (χ4n) is 1.54. The van der Waals surface area contributed by atoms with Gasteiger partial charge in [-0.1, -0.05) is 12.1 Å². The molecule has 0 saturated heterocycles. The second-order valence-electron chi connectivity index (χ2n) is 3.92. The molecule has 4 nitrogen and oxygen atoms in total. The number of hydrogen-bond donors (Lipinski definition) is 0. The van der Waals surface area contributed by atoms with E-state index in [-0.39, 0.29) is 0 Å². The summed E-state index contributed by atoms with van der Waals surface area (Å²) in [5.74, 6) is 0. The van der Waals surface area contributed by atoms with Crippen molar-refractivity contribution in [1.29, 1.82) is 5.26 Å². The molecule has 0 aliphatic rings. The predicted molar refractivity (Wildman–Crippen MR) is 77.3 cm³/mol. The smallest absolute Gasteiger partial charge is 0.205 e. The Balaban J connectivity index is 2.30. The van der Waals surface area contributed by atoms with Gasteiger partial charge in [-0.25, -0.2) is 4.68 Å². The molecule has 96 valence electrons. The molecule has 0 saturated carbocycles. The second kappa shape index (κ2) is 6.12. The SMILES string of the molecule is CCN=c1scc(C)n1/N=C/c1ccc(C#N)cc1. The van der Waals surface area contributed by atoms with E-state index in [1.165, 1.54) is 0 Å². The van der Waals surface area contributed by atoms with Crippen molar-refractivity contribution in [1.82, 2.24) is 4.68 Å². The van der Waals surface area contributed by atoms with Gasteiger partial charge in [0.05, 0.1) is 23.5 Å². The summed E-state index contributed by atoms with van der Waals surface area (Å²) in [4.78, 5) is 5.29. The number of nitriles is 1. The van der Waals surface area contributed by atoms with Crippen molar-refractivity contribution in [2.24, 2.45) is 10.1 Å². The maximum absolute atomic E-state index is 8.74. The van der Waals surface area contributed by atoms with Gasteiger partial charge in [-0.05, 0) is 31.5 Å². The lowest BCUT2D eigenvalue weighted by molar-refractivity contribution is 0.794. The molecule has 0 bridgehead atoms. The van der Waals surface area contributed by atoms with Crippen LogP contribution in [0.1, 0.15) is 23.7 Å². The summed E-state index contributed by atoms with van der Waals surface area (Å²) in [5.41, 5.74) is 2.67. The number of nitrogens with zero attached hydrogens (tertiary/aromatic N) is 4. The summed E-state index contributed by atoms with van der Waals surface area (Å²) in [5, 5.41) is 15.2. The maximum Gasteiger partial charge on any atom is 0.205 e. The molecule has 1 aromatic heterocycles. The maximum atomic E-state index is 8.74. The molecule has 0 spiro atoms. The van der Waals surface area contributed by atoms with E-state index >= 15 is 0 Å². The Morgan fingerprint density at radius 2 is 2.11 bits per heavy atom. The number of aryl methyl sites for hydroxylation is 1. The molecule has 1 heterocycles. The van der Waals surface area contributed by atoms with Gasteiger partial charge in [-0.2, -0.15) is 10.4 Å². The van der Waals surface area contributed by atoms with E-state index in [2.05, 4.69) is 16.2 Å². The Bertz CT molecular complexity index is 683. The number of hydrogen-bond acceptors (Lipinski definition) is 4. The first-order valence-electron chi connectivity index (χ1n) is 5.96. The van der Waals surface area contributed by atoms with Crippen LogP contribution in [0.15, 0.2) is 39.7 Å². The van der Waals surface area contributed by atoms with E-state index in [4.69, 9.17) is 5.26 Å². The topological polar surface area (TPSA) is 53.4 Å². The van der Waals surface area contributed by atoms with Gasteiger partial charge in [0.15, 0.2) is 0 Å². The van der Waals surface area contributed by atoms with Crippen molar-refractivity contribution in [2.45, 2.75) is 13.8 Å². The minimum absolute atomic E-state index is 0.651. The van der Waals surface area contributed by atoms with Crippen molar-refractivity contribution in [2.75, 3.05) is 6.54 Å². The zero-order valence-corrected chi connectivity index (χ0v) is 11.7. The number of thiazole rings is 1. The van der Waals surface area contributed by atoms with E-state index in [9.17, 15) is 0 Å². The highest BCUT2D eigenvalue weighted by molar-refractivity contribution is 7.07. The standard InChI is InChI=1S/C14H14N4S/c1-3-16-14-18(11(2)10-19-14)17-9-13-6-4-12(8-15)5-7-13/h4-7,9-10H,3H2,1-2H3/b16-14?,17-9+. The van der Waals surface area contributed by atoms with Crippen molar-refractivity contribution >= 4 is 17.6 Å². The van der Waals surface area contributed by atoms with E-state index in [0.717, 1.165) is 22.6 Å². The zero-order valence-electron chi connectivity index (χ0n) is 10.9. The van der Waals surface area contributed by atoms with Crippen LogP contribution in [0, 0.1) is 18.3 Å². The van der Waals surface area contributed by atoms with Gasteiger partial charge >= 0.3 is 0 Å². The molecular weight excluding hydrogens is 256 g/mol.